The van der Waals surface area contributed by atoms with Crippen molar-refractivity contribution in [3.05, 3.63) is 64.4 Å². The van der Waals surface area contributed by atoms with E-state index in [1.54, 1.807) is 22.8 Å². The molecule has 0 aliphatic heterocycles. The van der Waals surface area contributed by atoms with E-state index in [4.69, 9.17) is 16.0 Å². The smallest absolute Gasteiger partial charge is 0.289 e. The van der Waals surface area contributed by atoms with Gasteiger partial charge in [0.1, 0.15) is 5.02 Å². The van der Waals surface area contributed by atoms with Crippen molar-refractivity contribution in [3.8, 4) is 11.6 Å². The summed E-state index contributed by atoms with van der Waals surface area (Å²) >= 11 is 6.94. The van der Waals surface area contributed by atoms with Crippen LogP contribution in [0.25, 0.3) is 11.6 Å². The number of benzene rings is 1. The number of hydrogen-bond donors (Lipinski definition) is 1. The van der Waals surface area contributed by atoms with Crippen LogP contribution in [0.2, 0.25) is 5.02 Å². The first-order valence-electron chi connectivity index (χ1n) is 7.94. The number of allylic oxidation sites excluding steroid dienone is 1. The minimum atomic E-state index is -0.610. The monoisotopic (exact) mass is 419 g/mol. The van der Waals surface area contributed by atoms with Crippen molar-refractivity contribution >= 4 is 40.6 Å². The maximum Gasteiger partial charge on any atom is 0.289 e. The second-order valence-corrected chi connectivity index (χ2v) is 6.79. The Morgan fingerprint density at radius 2 is 2.25 bits per heavy atom. The number of aromatic nitrogens is 3. The van der Waals surface area contributed by atoms with Gasteiger partial charge in [-0.3, -0.25) is 19.5 Å². The van der Waals surface area contributed by atoms with Crippen LogP contribution in [0.1, 0.15) is 0 Å². The third-order valence-corrected chi connectivity index (χ3v) is 4.82. The van der Waals surface area contributed by atoms with Gasteiger partial charge in [-0.05, 0) is 24.3 Å². The Hall–Kier alpha value is -3.11. The lowest BCUT2D eigenvalue weighted by molar-refractivity contribution is -0.384. The van der Waals surface area contributed by atoms with E-state index < -0.39 is 4.92 Å². The lowest BCUT2D eigenvalue weighted by Gasteiger charge is -2.07. The molecule has 1 amide bonds. The number of furan rings is 1. The van der Waals surface area contributed by atoms with Crippen molar-refractivity contribution in [1.29, 1.82) is 0 Å². The minimum absolute atomic E-state index is 0.000330. The summed E-state index contributed by atoms with van der Waals surface area (Å²) in [5.41, 5.74) is 0.00599. The van der Waals surface area contributed by atoms with Gasteiger partial charge in [-0.2, -0.15) is 0 Å². The summed E-state index contributed by atoms with van der Waals surface area (Å²) in [5.74, 6) is 0.763. The topological polar surface area (TPSA) is 116 Å². The molecule has 0 saturated carbocycles. The third-order valence-electron chi connectivity index (χ3n) is 3.53. The number of nitro groups is 1. The summed E-state index contributed by atoms with van der Waals surface area (Å²) in [5, 5.41) is 22.3. The number of nitro benzene ring substituents is 1. The summed E-state index contributed by atoms with van der Waals surface area (Å²) in [7, 11) is 0. The molecule has 2 heterocycles. The summed E-state index contributed by atoms with van der Waals surface area (Å²) in [6.45, 7) is 4.16. The molecule has 0 saturated heterocycles. The Balaban J connectivity index is 1.69. The number of amides is 1. The first kappa shape index (κ1) is 19.6. The Morgan fingerprint density at radius 3 is 2.93 bits per heavy atom. The molecular weight excluding hydrogens is 406 g/mol. The summed E-state index contributed by atoms with van der Waals surface area (Å²) in [6.07, 6.45) is 3.22. The number of rotatable bonds is 8. The molecule has 2 aromatic heterocycles. The largest absolute Gasteiger partial charge is 0.461 e. The molecule has 9 nitrogen and oxygen atoms in total. The summed E-state index contributed by atoms with van der Waals surface area (Å²) in [6, 6.07) is 7.57. The van der Waals surface area contributed by atoms with Crippen molar-refractivity contribution in [2.45, 2.75) is 11.7 Å². The number of halogens is 1. The van der Waals surface area contributed by atoms with Gasteiger partial charge < -0.3 is 9.73 Å². The van der Waals surface area contributed by atoms with Gasteiger partial charge in [-0.25, -0.2) is 0 Å². The van der Waals surface area contributed by atoms with E-state index in [0.717, 1.165) is 0 Å². The predicted molar refractivity (Wildman–Crippen MR) is 105 cm³/mol. The molecule has 3 rings (SSSR count). The third kappa shape index (κ3) is 4.41. The average Bonchev–Trinajstić information content (AvgIpc) is 3.31. The zero-order chi connectivity index (χ0) is 20.1. The van der Waals surface area contributed by atoms with Crippen LogP contribution in [0.3, 0.4) is 0 Å². The second kappa shape index (κ2) is 8.72. The van der Waals surface area contributed by atoms with E-state index >= 15 is 0 Å². The highest BCUT2D eigenvalue weighted by molar-refractivity contribution is 7.99. The molecule has 0 radical (unpaired) electrons. The fourth-order valence-electron chi connectivity index (χ4n) is 2.33. The van der Waals surface area contributed by atoms with Crippen molar-refractivity contribution in [3.63, 3.8) is 0 Å². The van der Waals surface area contributed by atoms with E-state index in [1.165, 1.54) is 36.2 Å². The zero-order valence-electron chi connectivity index (χ0n) is 14.4. The molecule has 0 aliphatic rings. The van der Waals surface area contributed by atoms with Crippen LogP contribution in [0.5, 0.6) is 0 Å². The summed E-state index contributed by atoms with van der Waals surface area (Å²) in [4.78, 5) is 22.6. The molecular formula is C17H14ClN5O4S. The quantitative estimate of drug-likeness (QED) is 0.253. The molecule has 1 N–H and O–H groups in total. The van der Waals surface area contributed by atoms with E-state index in [0.29, 0.717) is 23.3 Å². The molecule has 28 heavy (non-hydrogen) atoms. The maximum atomic E-state index is 12.2. The van der Waals surface area contributed by atoms with Crippen LogP contribution in [-0.2, 0) is 11.3 Å². The number of hydrogen-bond acceptors (Lipinski definition) is 7. The normalized spacial score (nSPS) is 10.6. The molecule has 0 atom stereocenters. The molecule has 3 aromatic rings. The molecule has 0 bridgehead atoms. The minimum Gasteiger partial charge on any atom is -0.461 e. The first-order valence-corrected chi connectivity index (χ1v) is 9.30. The van der Waals surface area contributed by atoms with Gasteiger partial charge in [-0.1, -0.05) is 29.4 Å². The van der Waals surface area contributed by atoms with Crippen LogP contribution < -0.4 is 5.32 Å². The Labute approximate surface area is 168 Å². The first-order chi connectivity index (χ1) is 13.5. The van der Waals surface area contributed by atoms with Gasteiger partial charge in [0.05, 0.1) is 16.9 Å². The zero-order valence-corrected chi connectivity index (χ0v) is 15.9. The number of anilines is 1. The molecule has 11 heteroatoms. The van der Waals surface area contributed by atoms with Crippen molar-refractivity contribution in [1.82, 2.24) is 14.8 Å². The predicted octanol–water partition coefficient (Wildman–Crippen LogP) is 4.02. The molecule has 0 spiro atoms. The number of thioether (sulfide) groups is 1. The van der Waals surface area contributed by atoms with Gasteiger partial charge >= 0.3 is 0 Å². The molecule has 0 unspecified atom stereocenters. The molecule has 1 aromatic carbocycles. The van der Waals surface area contributed by atoms with Crippen molar-refractivity contribution in [2.75, 3.05) is 11.1 Å². The van der Waals surface area contributed by atoms with Crippen LogP contribution in [0.15, 0.2) is 58.8 Å². The molecule has 0 aliphatic carbocycles. The van der Waals surface area contributed by atoms with E-state index in [2.05, 4.69) is 22.1 Å². The van der Waals surface area contributed by atoms with Gasteiger partial charge in [0.25, 0.3) is 5.69 Å². The van der Waals surface area contributed by atoms with E-state index in [1.807, 2.05) is 0 Å². The lowest BCUT2D eigenvalue weighted by atomic mass is 10.3. The van der Waals surface area contributed by atoms with E-state index in [9.17, 15) is 14.9 Å². The Bertz CT molecular complexity index is 1020. The van der Waals surface area contributed by atoms with Crippen molar-refractivity contribution in [2.24, 2.45) is 0 Å². The highest BCUT2D eigenvalue weighted by Gasteiger charge is 2.17. The fraction of sp³-hybridized carbons (Fsp3) is 0.118. The lowest BCUT2D eigenvalue weighted by Crippen LogP contribution is -2.14. The van der Waals surface area contributed by atoms with Gasteiger partial charge in [-0.15, -0.1) is 16.8 Å². The summed E-state index contributed by atoms with van der Waals surface area (Å²) < 4.78 is 7.13. The standard InChI is InChI=1S/C17H14ClN5O4S/c1-2-7-22-16(14-4-3-8-27-14)20-21-17(22)28-10-15(24)19-11-5-6-12(18)13(9-11)23(25)26/h2-6,8-9H,1,7,10H2,(H,19,24). The van der Waals surface area contributed by atoms with Crippen LogP contribution in [0.4, 0.5) is 11.4 Å². The SMILES string of the molecule is C=CCn1c(SCC(=O)Nc2ccc(Cl)c([N+](=O)[O-])c2)nnc1-c1ccco1. The number of nitrogens with one attached hydrogen (secondary N) is 1. The molecule has 144 valence electrons. The highest BCUT2D eigenvalue weighted by atomic mass is 35.5. The van der Waals surface area contributed by atoms with Crippen LogP contribution in [0, 0.1) is 10.1 Å². The fourth-order valence-corrected chi connectivity index (χ4v) is 3.27. The number of nitrogens with zero attached hydrogens (tertiary/aromatic N) is 4. The maximum absolute atomic E-state index is 12.2. The van der Waals surface area contributed by atoms with E-state index in [-0.39, 0.29) is 28.1 Å². The van der Waals surface area contributed by atoms with Gasteiger partial charge in [0, 0.05) is 18.3 Å². The van der Waals surface area contributed by atoms with Crippen LogP contribution in [-0.4, -0.2) is 31.3 Å². The average molecular weight is 420 g/mol. The Kier molecular flexibility index (Phi) is 6.12. The highest BCUT2D eigenvalue weighted by Crippen LogP contribution is 2.28. The van der Waals surface area contributed by atoms with Gasteiger partial charge in [0.15, 0.2) is 10.9 Å². The second-order valence-electron chi connectivity index (χ2n) is 5.44. The Morgan fingerprint density at radius 1 is 1.43 bits per heavy atom. The molecule has 0 fully saturated rings. The number of carbonyl (C=O) groups excluding carboxylic acids is 1. The van der Waals surface area contributed by atoms with Gasteiger partial charge in [0.2, 0.25) is 11.7 Å². The van der Waals surface area contributed by atoms with Crippen LogP contribution >= 0.6 is 23.4 Å². The number of carbonyl (C=O) groups is 1. The van der Waals surface area contributed by atoms with Crippen molar-refractivity contribution < 1.29 is 14.1 Å².